The van der Waals surface area contributed by atoms with Gasteiger partial charge in [0.15, 0.2) is 0 Å². The number of aryl methyl sites for hydroxylation is 2. The van der Waals surface area contributed by atoms with Crippen LogP contribution in [0.1, 0.15) is 11.1 Å². The van der Waals surface area contributed by atoms with Crippen LogP contribution in [0.25, 0.3) is 10.2 Å². The molecule has 2 aromatic heterocycles. The molecule has 0 fully saturated rings. The first-order valence-corrected chi connectivity index (χ1v) is 8.23. The number of ether oxygens (including phenoxy) is 1. The zero-order valence-electron chi connectivity index (χ0n) is 13.0. The van der Waals surface area contributed by atoms with Crippen LogP contribution in [-0.2, 0) is 6.54 Å². The van der Waals surface area contributed by atoms with Gasteiger partial charge in [-0.05, 0) is 36.9 Å². The molecule has 0 radical (unpaired) electrons. The van der Waals surface area contributed by atoms with Gasteiger partial charge in [0.2, 0.25) is 0 Å². The maximum absolute atomic E-state index is 12.3. The highest BCUT2D eigenvalue weighted by atomic mass is 32.1. The molecule has 1 aromatic carbocycles. The molecule has 23 heavy (non-hydrogen) atoms. The summed E-state index contributed by atoms with van der Waals surface area (Å²) in [4.78, 5) is 17.2. The van der Waals surface area contributed by atoms with Gasteiger partial charge < -0.3 is 9.84 Å². The van der Waals surface area contributed by atoms with Gasteiger partial charge in [-0.15, -0.1) is 11.3 Å². The molecule has 5 nitrogen and oxygen atoms in total. The molecule has 0 aliphatic heterocycles. The Morgan fingerprint density at radius 2 is 2.17 bits per heavy atom. The van der Waals surface area contributed by atoms with Gasteiger partial charge in [0, 0.05) is 0 Å². The number of aliphatic hydroxyl groups excluding tert-OH is 1. The van der Waals surface area contributed by atoms with Crippen LogP contribution in [0, 0.1) is 13.8 Å². The maximum Gasteiger partial charge on any atom is 0.262 e. The van der Waals surface area contributed by atoms with E-state index < -0.39 is 6.10 Å². The standard InChI is InChI=1S/C17H18N2O3S/c1-11-3-4-15(12(2)7-11)22-9-13(20)8-19-10-18-16-14(17(19)21)5-6-23-16/h3-7,10,13,20H,8-9H2,1-2H3. The number of aliphatic hydroxyl groups is 1. The number of fused-ring (bicyclic) bond motifs is 1. The van der Waals surface area contributed by atoms with Crippen molar-refractivity contribution < 1.29 is 9.84 Å². The third-order valence-electron chi connectivity index (χ3n) is 3.62. The van der Waals surface area contributed by atoms with Crippen molar-refractivity contribution in [3.8, 4) is 5.75 Å². The average molecular weight is 330 g/mol. The fourth-order valence-corrected chi connectivity index (χ4v) is 3.17. The summed E-state index contributed by atoms with van der Waals surface area (Å²) in [5.74, 6) is 0.744. The Labute approximate surface area is 137 Å². The molecule has 1 N–H and O–H groups in total. The van der Waals surface area contributed by atoms with Gasteiger partial charge in [0.25, 0.3) is 5.56 Å². The van der Waals surface area contributed by atoms with Gasteiger partial charge in [0.05, 0.1) is 18.3 Å². The summed E-state index contributed by atoms with van der Waals surface area (Å²) in [6.45, 7) is 4.26. The van der Waals surface area contributed by atoms with Crippen LogP contribution in [0.3, 0.4) is 0 Å². The van der Waals surface area contributed by atoms with Crippen molar-refractivity contribution >= 4 is 21.6 Å². The Balaban J connectivity index is 1.67. The minimum Gasteiger partial charge on any atom is -0.491 e. The molecule has 1 atom stereocenters. The number of benzene rings is 1. The second-order valence-corrected chi connectivity index (χ2v) is 6.47. The molecule has 3 aromatic rings. The molecule has 120 valence electrons. The Kier molecular flexibility index (Phi) is 4.45. The molecule has 0 amide bonds. The van der Waals surface area contributed by atoms with Crippen molar-refractivity contribution in [3.05, 3.63) is 57.5 Å². The second-order valence-electron chi connectivity index (χ2n) is 5.58. The molecule has 0 saturated carbocycles. The van der Waals surface area contributed by atoms with E-state index in [-0.39, 0.29) is 18.7 Å². The highest BCUT2D eigenvalue weighted by Crippen LogP contribution is 2.19. The molecular weight excluding hydrogens is 312 g/mol. The molecule has 0 saturated heterocycles. The van der Waals surface area contributed by atoms with Crippen molar-refractivity contribution in [3.63, 3.8) is 0 Å². The number of hydrogen-bond acceptors (Lipinski definition) is 5. The molecule has 1 unspecified atom stereocenters. The lowest BCUT2D eigenvalue weighted by atomic mass is 10.1. The fraction of sp³-hybridized carbons (Fsp3) is 0.294. The lowest BCUT2D eigenvalue weighted by molar-refractivity contribution is 0.0911. The Bertz CT molecular complexity index is 885. The summed E-state index contributed by atoms with van der Waals surface area (Å²) < 4.78 is 7.08. The van der Waals surface area contributed by atoms with Crippen molar-refractivity contribution in [1.29, 1.82) is 0 Å². The minimum absolute atomic E-state index is 0.123. The Hall–Kier alpha value is -2.18. The first-order valence-electron chi connectivity index (χ1n) is 7.35. The summed E-state index contributed by atoms with van der Waals surface area (Å²) in [5, 5.41) is 12.6. The second kappa shape index (κ2) is 6.52. The first-order chi connectivity index (χ1) is 11.0. The monoisotopic (exact) mass is 330 g/mol. The fourth-order valence-electron chi connectivity index (χ4n) is 2.45. The number of thiophene rings is 1. The van der Waals surface area contributed by atoms with E-state index in [0.717, 1.165) is 16.9 Å². The highest BCUT2D eigenvalue weighted by molar-refractivity contribution is 7.16. The Morgan fingerprint density at radius 3 is 2.96 bits per heavy atom. The van der Waals surface area contributed by atoms with E-state index in [4.69, 9.17) is 4.74 Å². The van der Waals surface area contributed by atoms with E-state index >= 15 is 0 Å². The summed E-state index contributed by atoms with van der Waals surface area (Å²) in [7, 11) is 0. The normalized spacial score (nSPS) is 12.5. The van der Waals surface area contributed by atoms with Crippen molar-refractivity contribution in [1.82, 2.24) is 9.55 Å². The molecule has 0 aliphatic rings. The number of aromatic nitrogens is 2. The quantitative estimate of drug-likeness (QED) is 0.781. The molecule has 0 spiro atoms. The summed E-state index contributed by atoms with van der Waals surface area (Å²) >= 11 is 1.43. The molecular formula is C17H18N2O3S. The van der Waals surface area contributed by atoms with Crippen molar-refractivity contribution in [2.24, 2.45) is 0 Å². The first kappa shape index (κ1) is 15.7. The minimum atomic E-state index is -0.786. The molecule has 6 heteroatoms. The van der Waals surface area contributed by atoms with Gasteiger partial charge in [0.1, 0.15) is 23.3 Å². The van der Waals surface area contributed by atoms with E-state index in [1.165, 1.54) is 22.2 Å². The van der Waals surface area contributed by atoms with E-state index in [9.17, 15) is 9.90 Å². The lowest BCUT2D eigenvalue weighted by Gasteiger charge is -2.15. The van der Waals surface area contributed by atoms with E-state index in [1.807, 2.05) is 37.4 Å². The zero-order chi connectivity index (χ0) is 16.4. The van der Waals surface area contributed by atoms with Crippen LogP contribution >= 0.6 is 11.3 Å². The average Bonchev–Trinajstić information content (AvgIpc) is 2.98. The van der Waals surface area contributed by atoms with Crippen LogP contribution in [0.5, 0.6) is 5.75 Å². The van der Waals surface area contributed by atoms with Crippen LogP contribution in [0.4, 0.5) is 0 Å². The molecule has 0 aliphatic carbocycles. The third kappa shape index (κ3) is 3.43. The van der Waals surface area contributed by atoms with E-state index in [0.29, 0.717) is 10.2 Å². The highest BCUT2D eigenvalue weighted by Gasteiger charge is 2.11. The Morgan fingerprint density at radius 1 is 1.35 bits per heavy atom. The summed E-state index contributed by atoms with van der Waals surface area (Å²) in [6, 6.07) is 7.64. The molecule has 2 heterocycles. The summed E-state index contributed by atoms with van der Waals surface area (Å²) in [5.41, 5.74) is 2.05. The van der Waals surface area contributed by atoms with E-state index in [2.05, 4.69) is 4.98 Å². The van der Waals surface area contributed by atoms with Crippen LogP contribution in [0.15, 0.2) is 40.8 Å². The SMILES string of the molecule is Cc1ccc(OCC(O)Cn2cnc3sccc3c2=O)c(C)c1. The molecule has 0 bridgehead atoms. The number of rotatable bonds is 5. The van der Waals surface area contributed by atoms with Gasteiger partial charge in [-0.2, -0.15) is 0 Å². The van der Waals surface area contributed by atoms with E-state index in [1.54, 1.807) is 6.07 Å². The van der Waals surface area contributed by atoms with Gasteiger partial charge in [-0.25, -0.2) is 4.98 Å². The van der Waals surface area contributed by atoms with Gasteiger partial charge >= 0.3 is 0 Å². The van der Waals surface area contributed by atoms with Gasteiger partial charge in [-0.3, -0.25) is 9.36 Å². The summed E-state index contributed by atoms with van der Waals surface area (Å²) in [6.07, 6.45) is 0.688. The van der Waals surface area contributed by atoms with Crippen LogP contribution in [-0.4, -0.2) is 27.4 Å². The smallest absolute Gasteiger partial charge is 0.262 e. The zero-order valence-corrected chi connectivity index (χ0v) is 13.8. The largest absolute Gasteiger partial charge is 0.491 e. The van der Waals surface area contributed by atoms with Crippen LogP contribution in [0.2, 0.25) is 0 Å². The topological polar surface area (TPSA) is 64.3 Å². The van der Waals surface area contributed by atoms with Crippen LogP contribution < -0.4 is 10.3 Å². The number of hydrogen-bond donors (Lipinski definition) is 1. The lowest BCUT2D eigenvalue weighted by Crippen LogP contribution is -2.30. The predicted octanol–water partition coefficient (Wildman–Crippen LogP) is 2.51. The maximum atomic E-state index is 12.3. The third-order valence-corrected chi connectivity index (χ3v) is 4.44. The molecule has 3 rings (SSSR count). The number of nitrogens with zero attached hydrogens (tertiary/aromatic N) is 2. The van der Waals surface area contributed by atoms with Crippen molar-refractivity contribution in [2.75, 3.05) is 6.61 Å². The predicted molar refractivity (Wildman–Crippen MR) is 91.3 cm³/mol. The van der Waals surface area contributed by atoms with Crippen molar-refractivity contribution in [2.45, 2.75) is 26.5 Å². The van der Waals surface area contributed by atoms with Gasteiger partial charge in [-0.1, -0.05) is 17.7 Å².